The zero-order chi connectivity index (χ0) is 14.8. The summed E-state index contributed by atoms with van der Waals surface area (Å²) in [5.41, 5.74) is 1.72. The maximum Gasteiger partial charge on any atom is 0.338 e. The lowest BCUT2D eigenvalue weighted by Crippen LogP contribution is -2.11. The minimum absolute atomic E-state index is 0.284. The van der Waals surface area contributed by atoms with Crippen LogP contribution in [0.5, 0.6) is 0 Å². The Balaban J connectivity index is 2.04. The Morgan fingerprint density at radius 3 is 2.40 bits per heavy atom. The van der Waals surface area contributed by atoms with Crippen molar-refractivity contribution in [1.82, 2.24) is 0 Å². The number of aryl methyl sites for hydroxylation is 1. The normalized spacial score (nSPS) is 10.8. The molecule has 20 heavy (non-hydrogen) atoms. The lowest BCUT2D eigenvalue weighted by atomic mass is 10.1. The van der Waals surface area contributed by atoms with E-state index < -0.39 is 0 Å². The highest BCUT2D eigenvalue weighted by Gasteiger charge is 2.05. The number of unbranched alkanes of at least 4 members (excludes halogenated alkanes) is 1. The predicted octanol–water partition coefficient (Wildman–Crippen LogP) is 3.99. The third-order valence-electron chi connectivity index (χ3n) is 3.07. The fraction of sp³-hybridized carbons (Fsp3) is 0.588. The molecule has 1 aromatic carbocycles. The third kappa shape index (κ3) is 7.29. The second-order valence-electron chi connectivity index (χ2n) is 5.50. The highest BCUT2D eigenvalue weighted by atomic mass is 16.6. The highest BCUT2D eigenvalue weighted by molar-refractivity contribution is 5.89. The molecule has 0 spiro atoms. The molecule has 0 atom stereocenters. The fourth-order valence-electron chi connectivity index (χ4n) is 1.83. The lowest BCUT2D eigenvalue weighted by Gasteiger charge is -2.07. The predicted molar refractivity (Wildman–Crippen MR) is 81.0 cm³/mol. The van der Waals surface area contributed by atoms with E-state index in [2.05, 4.69) is 13.8 Å². The quantitative estimate of drug-likeness (QED) is 0.506. The Morgan fingerprint density at radius 1 is 1.05 bits per heavy atom. The van der Waals surface area contributed by atoms with Gasteiger partial charge in [-0.05, 0) is 31.4 Å². The van der Waals surface area contributed by atoms with Crippen LogP contribution in [0, 0.1) is 12.8 Å². The number of carbonyl (C=O) groups is 1. The molecule has 0 aromatic heterocycles. The van der Waals surface area contributed by atoms with E-state index >= 15 is 0 Å². The average Bonchev–Trinajstić information content (AvgIpc) is 2.42. The van der Waals surface area contributed by atoms with Gasteiger partial charge in [-0.1, -0.05) is 44.4 Å². The number of hydrogen-bond donors (Lipinski definition) is 0. The van der Waals surface area contributed by atoms with E-state index in [1.54, 1.807) is 12.1 Å². The molecule has 0 saturated heterocycles. The van der Waals surface area contributed by atoms with Crippen molar-refractivity contribution in [2.24, 2.45) is 5.92 Å². The van der Waals surface area contributed by atoms with E-state index in [4.69, 9.17) is 9.47 Å². The van der Waals surface area contributed by atoms with E-state index in [1.165, 1.54) is 12.8 Å². The maximum absolute atomic E-state index is 11.7. The van der Waals surface area contributed by atoms with Gasteiger partial charge in [0.25, 0.3) is 0 Å². The summed E-state index contributed by atoms with van der Waals surface area (Å²) in [6.07, 6.45) is 3.51. The van der Waals surface area contributed by atoms with E-state index in [0.717, 1.165) is 24.5 Å². The topological polar surface area (TPSA) is 35.5 Å². The minimum Gasteiger partial charge on any atom is -0.460 e. The van der Waals surface area contributed by atoms with Gasteiger partial charge in [0.15, 0.2) is 0 Å². The van der Waals surface area contributed by atoms with Gasteiger partial charge >= 0.3 is 5.97 Å². The molecule has 112 valence electrons. The molecule has 0 heterocycles. The summed E-state index contributed by atoms with van der Waals surface area (Å²) in [4.78, 5) is 11.7. The molecule has 1 aromatic rings. The summed E-state index contributed by atoms with van der Waals surface area (Å²) in [6, 6.07) is 7.37. The Kier molecular flexibility index (Phi) is 7.97. The Bertz CT molecular complexity index is 382. The van der Waals surface area contributed by atoms with Gasteiger partial charge in [0, 0.05) is 6.61 Å². The monoisotopic (exact) mass is 278 g/mol. The van der Waals surface area contributed by atoms with Crippen molar-refractivity contribution in [2.75, 3.05) is 19.8 Å². The summed E-state index contributed by atoms with van der Waals surface area (Å²) in [5, 5.41) is 0. The zero-order valence-electron chi connectivity index (χ0n) is 12.9. The largest absolute Gasteiger partial charge is 0.460 e. The fourth-order valence-corrected chi connectivity index (χ4v) is 1.83. The first-order valence-corrected chi connectivity index (χ1v) is 7.41. The van der Waals surface area contributed by atoms with Crippen LogP contribution in [0.1, 0.15) is 49.0 Å². The summed E-state index contributed by atoms with van der Waals surface area (Å²) < 4.78 is 10.6. The van der Waals surface area contributed by atoms with Crippen LogP contribution in [0.25, 0.3) is 0 Å². The van der Waals surface area contributed by atoms with Crippen molar-refractivity contribution in [3.05, 3.63) is 35.4 Å². The number of ether oxygens (including phenoxy) is 2. The first kappa shape index (κ1) is 16.7. The number of carbonyl (C=O) groups excluding carboxylic acids is 1. The molecule has 0 aliphatic heterocycles. The van der Waals surface area contributed by atoms with Crippen LogP contribution >= 0.6 is 0 Å². The molecule has 0 aliphatic rings. The Hall–Kier alpha value is -1.35. The van der Waals surface area contributed by atoms with Gasteiger partial charge in [0.1, 0.15) is 6.61 Å². The van der Waals surface area contributed by atoms with Crippen LogP contribution < -0.4 is 0 Å². The van der Waals surface area contributed by atoms with Gasteiger partial charge in [0.05, 0.1) is 12.2 Å². The molecular formula is C17H26O3. The maximum atomic E-state index is 11.7. The van der Waals surface area contributed by atoms with Gasteiger partial charge in [-0.3, -0.25) is 0 Å². The molecule has 0 aliphatic carbocycles. The number of rotatable bonds is 9. The standard InChI is InChI=1S/C17H26O3/c1-14(2)6-4-5-11-19-12-13-20-17(18)16-9-7-15(3)8-10-16/h7-10,14H,4-6,11-13H2,1-3H3. The van der Waals surface area contributed by atoms with Crippen molar-refractivity contribution in [3.63, 3.8) is 0 Å². The van der Waals surface area contributed by atoms with Crippen LogP contribution in [-0.2, 0) is 9.47 Å². The summed E-state index contributed by atoms with van der Waals surface area (Å²) in [7, 11) is 0. The first-order valence-electron chi connectivity index (χ1n) is 7.41. The van der Waals surface area contributed by atoms with Crippen LogP contribution in [0.4, 0.5) is 0 Å². The second-order valence-corrected chi connectivity index (χ2v) is 5.50. The lowest BCUT2D eigenvalue weighted by molar-refractivity contribution is 0.0311. The molecular weight excluding hydrogens is 252 g/mol. The van der Waals surface area contributed by atoms with Crippen LogP contribution in [0.3, 0.4) is 0 Å². The van der Waals surface area contributed by atoms with E-state index in [-0.39, 0.29) is 5.97 Å². The van der Waals surface area contributed by atoms with Crippen molar-refractivity contribution in [2.45, 2.75) is 40.0 Å². The first-order chi connectivity index (χ1) is 9.59. The van der Waals surface area contributed by atoms with Gasteiger partial charge < -0.3 is 9.47 Å². The molecule has 0 fully saturated rings. The van der Waals surface area contributed by atoms with Crippen molar-refractivity contribution < 1.29 is 14.3 Å². The van der Waals surface area contributed by atoms with E-state index in [9.17, 15) is 4.79 Å². The smallest absolute Gasteiger partial charge is 0.338 e. The van der Waals surface area contributed by atoms with Gasteiger partial charge in [-0.2, -0.15) is 0 Å². The Labute approximate surface area is 122 Å². The van der Waals surface area contributed by atoms with Crippen molar-refractivity contribution in [1.29, 1.82) is 0 Å². The minimum atomic E-state index is -0.284. The molecule has 0 amide bonds. The average molecular weight is 278 g/mol. The molecule has 3 nitrogen and oxygen atoms in total. The molecule has 0 N–H and O–H groups in total. The van der Waals surface area contributed by atoms with Crippen LogP contribution in [-0.4, -0.2) is 25.8 Å². The molecule has 1 rings (SSSR count). The van der Waals surface area contributed by atoms with Crippen LogP contribution in [0.2, 0.25) is 0 Å². The molecule has 3 heteroatoms. The van der Waals surface area contributed by atoms with Gasteiger partial charge in [-0.15, -0.1) is 0 Å². The number of hydrogen-bond acceptors (Lipinski definition) is 3. The zero-order valence-corrected chi connectivity index (χ0v) is 12.9. The van der Waals surface area contributed by atoms with E-state index in [0.29, 0.717) is 18.8 Å². The van der Waals surface area contributed by atoms with Crippen molar-refractivity contribution >= 4 is 5.97 Å². The third-order valence-corrected chi connectivity index (χ3v) is 3.07. The highest BCUT2D eigenvalue weighted by Crippen LogP contribution is 2.06. The molecule has 0 saturated carbocycles. The summed E-state index contributed by atoms with van der Waals surface area (Å²) in [6.45, 7) is 7.98. The van der Waals surface area contributed by atoms with E-state index in [1.807, 2.05) is 19.1 Å². The van der Waals surface area contributed by atoms with Gasteiger partial charge in [0.2, 0.25) is 0 Å². The molecule has 0 bridgehead atoms. The van der Waals surface area contributed by atoms with Gasteiger partial charge in [-0.25, -0.2) is 4.79 Å². The SMILES string of the molecule is Cc1ccc(C(=O)OCCOCCCCC(C)C)cc1. The van der Waals surface area contributed by atoms with Crippen molar-refractivity contribution in [3.8, 4) is 0 Å². The summed E-state index contributed by atoms with van der Waals surface area (Å²) >= 11 is 0. The molecule has 0 radical (unpaired) electrons. The number of esters is 1. The summed E-state index contributed by atoms with van der Waals surface area (Å²) in [5.74, 6) is 0.471. The molecule has 0 unspecified atom stereocenters. The number of benzene rings is 1. The Morgan fingerprint density at radius 2 is 1.75 bits per heavy atom. The van der Waals surface area contributed by atoms with Crippen LogP contribution in [0.15, 0.2) is 24.3 Å². The second kappa shape index (κ2) is 9.54.